The highest BCUT2D eigenvalue weighted by Gasteiger charge is 2.30. The van der Waals surface area contributed by atoms with Crippen LogP contribution in [0.4, 0.5) is 13.2 Å². The Labute approximate surface area is 85.2 Å². The monoisotopic (exact) mass is 214 g/mol. The van der Waals surface area contributed by atoms with Gasteiger partial charge in [-0.1, -0.05) is 18.2 Å². The van der Waals surface area contributed by atoms with E-state index in [2.05, 4.69) is 0 Å². The highest BCUT2D eigenvalue weighted by molar-refractivity contribution is 6.04. The maximum atomic E-state index is 12.3. The Hall–Kier alpha value is -1.58. The van der Waals surface area contributed by atoms with Crippen LogP contribution in [0.2, 0.25) is 0 Å². The highest BCUT2D eigenvalue weighted by Crippen LogP contribution is 2.29. The van der Waals surface area contributed by atoms with Gasteiger partial charge in [-0.3, -0.25) is 4.79 Å². The molecule has 0 aliphatic carbocycles. The minimum atomic E-state index is -4.41. The molecule has 1 aromatic carbocycles. The molecule has 0 saturated carbocycles. The number of carbonyl (C=O) groups excluding carboxylic acids is 1. The van der Waals surface area contributed by atoms with Crippen molar-refractivity contribution >= 4 is 5.78 Å². The van der Waals surface area contributed by atoms with Gasteiger partial charge in [-0.25, -0.2) is 0 Å². The van der Waals surface area contributed by atoms with Crippen molar-refractivity contribution in [3.05, 3.63) is 47.5 Å². The molecule has 0 unspecified atom stereocenters. The second-order valence-corrected chi connectivity index (χ2v) is 2.94. The summed E-state index contributed by atoms with van der Waals surface area (Å²) < 4.78 is 36.9. The Morgan fingerprint density at radius 1 is 1.33 bits per heavy atom. The van der Waals surface area contributed by atoms with Gasteiger partial charge in [0.1, 0.15) is 0 Å². The molecule has 0 saturated heterocycles. The summed E-state index contributed by atoms with van der Waals surface area (Å²) in [5, 5.41) is 0. The van der Waals surface area contributed by atoms with Gasteiger partial charge in [-0.15, -0.1) is 0 Å². The number of ketones is 1. The number of rotatable bonds is 2. The Morgan fingerprint density at radius 2 is 2.00 bits per heavy atom. The van der Waals surface area contributed by atoms with E-state index in [9.17, 15) is 18.0 Å². The van der Waals surface area contributed by atoms with Crippen molar-refractivity contribution in [2.45, 2.75) is 13.1 Å². The average molecular weight is 214 g/mol. The summed E-state index contributed by atoms with van der Waals surface area (Å²) >= 11 is 0. The zero-order valence-electron chi connectivity index (χ0n) is 8.01. The van der Waals surface area contributed by atoms with Gasteiger partial charge >= 0.3 is 6.18 Å². The van der Waals surface area contributed by atoms with E-state index >= 15 is 0 Å². The molecule has 0 heterocycles. The largest absolute Gasteiger partial charge is 0.416 e. The SMILES string of the molecule is CC=CC(=O)c1cccc(C(F)(F)F)c1. The fourth-order valence-electron chi connectivity index (χ4n) is 1.10. The van der Waals surface area contributed by atoms with Gasteiger partial charge in [-0.2, -0.15) is 13.2 Å². The van der Waals surface area contributed by atoms with Crippen molar-refractivity contribution in [2.24, 2.45) is 0 Å². The van der Waals surface area contributed by atoms with Gasteiger partial charge in [0.2, 0.25) is 0 Å². The van der Waals surface area contributed by atoms with Crippen LogP contribution >= 0.6 is 0 Å². The third kappa shape index (κ3) is 2.94. The van der Waals surface area contributed by atoms with E-state index in [-0.39, 0.29) is 5.56 Å². The second-order valence-electron chi connectivity index (χ2n) is 2.94. The van der Waals surface area contributed by atoms with Crippen molar-refractivity contribution < 1.29 is 18.0 Å². The number of hydrogen-bond acceptors (Lipinski definition) is 1. The molecular formula is C11H9F3O. The third-order valence-corrected chi connectivity index (χ3v) is 1.79. The van der Waals surface area contributed by atoms with Crippen LogP contribution in [0, 0.1) is 0 Å². The standard InChI is InChI=1S/C11H9F3O/c1-2-4-10(15)8-5-3-6-9(7-8)11(12,13)14/h2-7H,1H3. The van der Waals surface area contributed by atoms with E-state index in [0.717, 1.165) is 12.1 Å². The Kier molecular flexibility index (Phi) is 3.29. The zero-order chi connectivity index (χ0) is 11.5. The molecule has 0 radical (unpaired) electrons. The third-order valence-electron chi connectivity index (χ3n) is 1.79. The summed E-state index contributed by atoms with van der Waals surface area (Å²) in [5.74, 6) is -0.427. The van der Waals surface area contributed by atoms with Crippen molar-refractivity contribution in [3.63, 3.8) is 0 Å². The van der Waals surface area contributed by atoms with Gasteiger partial charge in [0.15, 0.2) is 5.78 Å². The van der Waals surface area contributed by atoms with Crippen molar-refractivity contribution in [2.75, 3.05) is 0 Å². The maximum Gasteiger partial charge on any atom is 0.416 e. The fraction of sp³-hybridized carbons (Fsp3) is 0.182. The van der Waals surface area contributed by atoms with E-state index in [0.29, 0.717) is 0 Å². The van der Waals surface area contributed by atoms with Crippen molar-refractivity contribution in [3.8, 4) is 0 Å². The lowest BCUT2D eigenvalue weighted by Gasteiger charge is -2.06. The molecule has 0 aromatic heterocycles. The number of allylic oxidation sites excluding steroid dienone is 2. The Balaban J connectivity index is 3.08. The van der Waals surface area contributed by atoms with Crippen LogP contribution in [0.3, 0.4) is 0 Å². The van der Waals surface area contributed by atoms with Crippen LogP contribution < -0.4 is 0 Å². The molecule has 80 valence electrons. The van der Waals surface area contributed by atoms with Crippen LogP contribution in [-0.4, -0.2) is 5.78 Å². The van der Waals surface area contributed by atoms with E-state index < -0.39 is 17.5 Å². The van der Waals surface area contributed by atoms with E-state index in [4.69, 9.17) is 0 Å². The predicted octanol–water partition coefficient (Wildman–Crippen LogP) is 3.46. The van der Waals surface area contributed by atoms with E-state index in [1.54, 1.807) is 6.92 Å². The molecule has 1 aromatic rings. The second kappa shape index (κ2) is 4.29. The minimum Gasteiger partial charge on any atom is -0.289 e. The first kappa shape index (κ1) is 11.5. The molecule has 0 aliphatic heterocycles. The quantitative estimate of drug-likeness (QED) is 0.544. The molecule has 0 amide bonds. The molecule has 1 nitrogen and oxygen atoms in total. The van der Waals surface area contributed by atoms with Crippen LogP contribution in [0.1, 0.15) is 22.8 Å². The maximum absolute atomic E-state index is 12.3. The summed E-state index contributed by atoms with van der Waals surface area (Å²) in [6.07, 6.45) is -1.69. The number of carbonyl (C=O) groups is 1. The Morgan fingerprint density at radius 3 is 2.53 bits per heavy atom. The smallest absolute Gasteiger partial charge is 0.289 e. The molecule has 0 N–H and O–H groups in total. The van der Waals surface area contributed by atoms with Crippen LogP contribution in [0.15, 0.2) is 36.4 Å². The van der Waals surface area contributed by atoms with Gasteiger partial charge in [-0.05, 0) is 25.1 Å². The molecule has 4 heteroatoms. The first-order valence-corrected chi connectivity index (χ1v) is 4.29. The lowest BCUT2D eigenvalue weighted by atomic mass is 10.1. The summed E-state index contributed by atoms with van der Waals surface area (Å²) in [7, 11) is 0. The van der Waals surface area contributed by atoms with Crippen LogP contribution in [0.5, 0.6) is 0 Å². The van der Waals surface area contributed by atoms with E-state index in [1.165, 1.54) is 24.3 Å². The number of halogens is 3. The first-order chi connectivity index (χ1) is 6.95. The lowest BCUT2D eigenvalue weighted by Crippen LogP contribution is -2.06. The van der Waals surface area contributed by atoms with Crippen LogP contribution in [-0.2, 0) is 6.18 Å². The minimum absolute atomic E-state index is 0.0444. The van der Waals surface area contributed by atoms with Crippen molar-refractivity contribution in [1.29, 1.82) is 0 Å². The molecular weight excluding hydrogens is 205 g/mol. The Bertz CT molecular complexity index is 391. The average Bonchev–Trinajstić information content (AvgIpc) is 2.17. The molecule has 0 atom stereocenters. The number of benzene rings is 1. The van der Waals surface area contributed by atoms with Gasteiger partial charge in [0.25, 0.3) is 0 Å². The number of hydrogen-bond donors (Lipinski definition) is 0. The topological polar surface area (TPSA) is 17.1 Å². The fourth-order valence-corrected chi connectivity index (χ4v) is 1.10. The summed E-state index contributed by atoms with van der Waals surface area (Å²) in [6.45, 7) is 1.63. The van der Waals surface area contributed by atoms with Crippen LogP contribution in [0.25, 0.3) is 0 Å². The first-order valence-electron chi connectivity index (χ1n) is 4.29. The predicted molar refractivity (Wildman–Crippen MR) is 50.6 cm³/mol. The van der Waals surface area contributed by atoms with Gasteiger partial charge < -0.3 is 0 Å². The normalized spacial score (nSPS) is 12.0. The molecule has 0 fully saturated rings. The summed E-state index contributed by atoms with van der Waals surface area (Å²) in [4.78, 5) is 11.3. The summed E-state index contributed by atoms with van der Waals surface area (Å²) in [5.41, 5.74) is -0.763. The molecule has 0 spiro atoms. The molecule has 15 heavy (non-hydrogen) atoms. The van der Waals surface area contributed by atoms with Crippen molar-refractivity contribution in [1.82, 2.24) is 0 Å². The summed E-state index contributed by atoms with van der Waals surface area (Å²) in [6, 6.07) is 4.37. The highest BCUT2D eigenvalue weighted by atomic mass is 19.4. The van der Waals surface area contributed by atoms with Gasteiger partial charge in [0.05, 0.1) is 5.56 Å². The molecule has 1 rings (SSSR count). The lowest BCUT2D eigenvalue weighted by molar-refractivity contribution is -0.137. The van der Waals surface area contributed by atoms with E-state index in [1.807, 2.05) is 0 Å². The number of alkyl halides is 3. The molecule has 0 aliphatic rings. The van der Waals surface area contributed by atoms with Gasteiger partial charge in [0, 0.05) is 5.56 Å². The molecule has 0 bridgehead atoms. The zero-order valence-corrected chi connectivity index (χ0v) is 8.01.